The third kappa shape index (κ3) is 3.21. The number of piperidine rings is 1. The Morgan fingerprint density at radius 2 is 2.08 bits per heavy atom. The third-order valence-corrected chi connectivity index (χ3v) is 4.26. The summed E-state index contributed by atoms with van der Waals surface area (Å²) in [5.74, 6) is 2.92. The van der Waals surface area contributed by atoms with Gasteiger partial charge in [-0.15, -0.1) is 10.2 Å². The first-order valence-electron chi connectivity index (χ1n) is 8.18. The number of likely N-dealkylation sites (tertiary alicyclic amines) is 1. The topological polar surface area (TPSA) is 81.1 Å². The maximum absolute atomic E-state index is 5.80. The molecule has 1 saturated heterocycles. The third-order valence-electron chi connectivity index (χ3n) is 4.26. The molecule has 0 saturated carbocycles. The van der Waals surface area contributed by atoms with Gasteiger partial charge in [0, 0.05) is 24.9 Å². The van der Waals surface area contributed by atoms with Crippen LogP contribution in [0.25, 0.3) is 11.5 Å². The average molecular weight is 325 g/mol. The van der Waals surface area contributed by atoms with Crippen molar-refractivity contribution < 1.29 is 8.94 Å². The van der Waals surface area contributed by atoms with Crippen molar-refractivity contribution in [3.63, 3.8) is 0 Å². The molecule has 1 fully saturated rings. The molecule has 0 N–H and O–H groups in total. The summed E-state index contributed by atoms with van der Waals surface area (Å²) in [6.07, 6.45) is 2.17. The van der Waals surface area contributed by atoms with Crippen molar-refractivity contribution in [3.05, 3.63) is 47.9 Å². The van der Waals surface area contributed by atoms with E-state index in [2.05, 4.69) is 25.2 Å². The minimum absolute atomic E-state index is 0.299. The second-order valence-electron chi connectivity index (χ2n) is 6.11. The van der Waals surface area contributed by atoms with Gasteiger partial charge in [-0.2, -0.15) is 4.98 Å². The fourth-order valence-electron chi connectivity index (χ4n) is 3.10. The lowest BCUT2D eigenvalue weighted by molar-refractivity contribution is 0.179. The van der Waals surface area contributed by atoms with Crippen molar-refractivity contribution in [2.45, 2.75) is 32.2 Å². The van der Waals surface area contributed by atoms with Crippen molar-refractivity contribution in [2.24, 2.45) is 0 Å². The molecule has 0 amide bonds. The van der Waals surface area contributed by atoms with Crippen LogP contribution in [0.3, 0.4) is 0 Å². The summed E-state index contributed by atoms with van der Waals surface area (Å²) in [6, 6.07) is 9.82. The molecule has 0 radical (unpaired) electrons. The van der Waals surface area contributed by atoms with E-state index in [0.717, 1.165) is 37.3 Å². The molecule has 3 aromatic rings. The zero-order valence-corrected chi connectivity index (χ0v) is 13.6. The van der Waals surface area contributed by atoms with E-state index in [-0.39, 0.29) is 0 Å². The van der Waals surface area contributed by atoms with E-state index in [1.54, 1.807) is 0 Å². The van der Waals surface area contributed by atoms with E-state index in [9.17, 15) is 0 Å². The molecule has 3 heterocycles. The number of benzene rings is 1. The molecule has 0 spiro atoms. The highest BCUT2D eigenvalue weighted by molar-refractivity contribution is 5.51. The van der Waals surface area contributed by atoms with Gasteiger partial charge in [0.05, 0.1) is 6.54 Å². The molecule has 2 aromatic heterocycles. The fraction of sp³-hybridized carbons (Fsp3) is 0.412. The molecule has 0 aliphatic carbocycles. The quantitative estimate of drug-likeness (QED) is 0.729. The van der Waals surface area contributed by atoms with E-state index in [1.807, 2.05) is 37.3 Å². The van der Waals surface area contributed by atoms with Gasteiger partial charge in [-0.1, -0.05) is 23.4 Å². The highest BCUT2D eigenvalue weighted by Gasteiger charge is 2.26. The van der Waals surface area contributed by atoms with Crippen LogP contribution in [-0.2, 0) is 6.54 Å². The number of aryl methyl sites for hydroxylation is 1. The smallest absolute Gasteiger partial charge is 0.247 e. The number of aromatic nitrogens is 4. The molecule has 1 aliphatic heterocycles. The van der Waals surface area contributed by atoms with Crippen molar-refractivity contribution in [1.82, 2.24) is 25.2 Å². The van der Waals surface area contributed by atoms with Crippen molar-refractivity contribution in [1.29, 1.82) is 0 Å². The van der Waals surface area contributed by atoms with Crippen LogP contribution < -0.4 is 0 Å². The average Bonchev–Trinajstić information content (AvgIpc) is 3.25. The van der Waals surface area contributed by atoms with E-state index in [1.165, 1.54) is 0 Å². The predicted molar refractivity (Wildman–Crippen MR) is 86.0 cm³/mol. The molecule has 1 atom stereocenters. The van der Waals surface area contributed by atoms with Crippen LogP contribution >= 0.6 is 0 Å². The lowest BCUT2D eigenvalue weighted by Crippen LogP contribution is -2.34. The summed E-state index contributed by atoms with van der Waals surface area (Å²) < 4.78 is 10.9. The first kappa shape index (κ1) is 15.0. The SMILES string of the molecule is Cc1nc([C@H]2CCCN(Cc3nnc(-c4ccccc4)o3)C2)no1. The summed E-state index contributed by atoms with van der Waals surface area (Å²) in [7, 11) is 0. The molecule has 7 heteroatoms. The minimum atomic E-state index is 0.299. The minimum Gasteiger partial charge on any atom is -0.419 e. The summed E-state index contributed by atoms with van der Waals surface area (Å²) in [6.45, 7) is 4.35. The molecule has 0 unspecified atom stereocenters. The predicted octanol–water partition coefficient (Wildman–Crippen LogP) is 2.81. The summed E-state index contributed by atoms with van der Waals surface area (Å²) in [4.78, 5) is 6.67. The molecule has 124 valence electrons. The van der Waals surface area contributed by atoms with Gasteiger partial charge in [-0.3, -0.25) is 4.90 Å². The zero-order chi connectivity index (χ0) is 16.4. The Hall–Kier alpha value is -2.54. The van der Waals surface area contributed by atoms with E-state index >= 15 is 0 Å². The van der Waals surface area contributed by atoms with E-state index in [0.29, 0.717) is 30.1 Å². The van der Waals surface area contributed by atoms with Crippen LogP contribution in [-0.4, -0.2) is 38.3 Å². The van der Waals surface area contributed by atoms with Crippen LogP contribution in [0.2, 0.25) is 0 Å². The maximum Gasteiger partial charge on any atom is 0.247 e. The van der Waals surface area contributed by atoms with Crippen LogP contribution in [0.5, 0.6) is 0 Å². The zero-order valence-electron chi connectivity index (χ0n) is 13.6. The molecule has 4 rings (SSSR count). The summed E-state index contributed by atoms with van der Waals surface area (Å²) >= 11 is 0. The molecule has 1 aliphatic rings. The Morgan fingerprint density at radius 3 is 2.88 bits per heavy atom. The highest BCUT2D eigenvalue weighted by atomic mass is 16.5. The Bertz CT molecular complexity index is 798. The standard InChI is InChI=1S/C17H19N5O2/c1-12-18-16(21-24-12)14-8-5-9-22(10-14)11-15-19-20-17(23-15)13-6-3-2-4-7-13/h2-4,6-7,14H,5,8-11H2,1H3/t14-/m0/s1. The van der Waals surface area contributed by atoms with Crippen molar-refractivity contribution in [2.75, 3.05) is 13.1 Å². The molecule has 0 bridgehead atoms. The lowest BCUT2D eigenvalue weighted by Gasteiger charge is -2.29. The Morgan fingerprint density at radius 1 is 1.21 bits per heavy atom. The van der Waals surface area contributed by atoms with Crippen LogP contribution in [0.4, 0.5) is 0 Å². The Labute approximate surface area is 139 Å². The van der Waals surface area contributed by atoms with Gasteiger partial charge < -0.3 is 8.94 Å². The van der Waals surface area contributed by atoms with Crippen LogP contribution in [0, 0.1) is 6.92 Å². The number of hydrogen-bond acceptors (Lipinski definition) is 7. The molecular weight excluding hydrogens is 306 g/mol. The van der Waals surface area contributed by atoms with Gasteiger partial charge in [0.2, 0.25) is 17.7 Å². The molecule has 24 heavy (non-hydrogen) atoms. The van der Waals surface area contributed by atoms with Crippen LogP contribution in [0.1, 0.15) is 36.4 Å². The number of rotatable bonds is 4. The molecule has 7 nitrogen and oxygen atoms in total. The van der Waals surface area contributed by atoms with E-state index < -0.39 is 0 Å². The maximum atomic E-state index is 5.80. The first-order valence-corrected chi connectivity index (χ1v) is 8.18. The largest absolute Gasteiger partial charge is 0.419 e. The number of hydrogen-bond donors (Lipinski definition) is 0. The van der Waals surface area contributed by atoms with Crippen LogP contribution in [0.15, 0.2) is 39.3 Å². The summed E-state index contributed by atoms with van der Waals surface area (Å²) in [5, 5.41) is 12.4. The molecular formula is C17H19N5O2. The highest BCUT2D eigenvalue weighted by Crippen LogP contribution is 2.26. The number of nitrogens with zero attached hydrogens (tertiary/aromatic N) is 5. The Balaban J connectivity index is 1.43. The van der Waals surface area contributed by atoms with Crippen molar-refractivity contribution in [3.8, 4) is 11.5 Å². The van der Waals surface area contributed by atoms with Crippen molar-refractivity contribution >= 4 is 0 Å². The van der Waals surface area contributed by atoms with Gasteiger partial charge >= 0.3 is 0 Å². The van der Waals surface area contributed by atoms with Gasteiger partial charge in [-0.05, 0) is 31.5 Å². The fourth-order valence-corrected chi connectivity index (χ4v) is 3.10. The van der Waals surface area contributed by atoms with Gasteiger partial charge in [0.15, 0.2) is 5.82 Å². The second kappa shape index (κ2) is 6.52. The van der Waals surface area contributed by atoms with Gasteiger partial charge in [0.25, 0.3) is 0 Å². The first-order chi connectivity index (χ1) is 11.8. The lowest BCUT2D eigenvalue weighted by atomic mass is 9.97. The normalized spacial score (nSPS) is 18.8. The monoisotopic (exact) mass is 325 g/mol. The van der Waals surface area contributed by atoms with Gasteiger partial charge in [-0.25, -0.2) is 0 Å². The molecule has 1 aromatic carbocycles. The van der Waals surface area contributed by atoms with Gasteiger partial charge in [0.1, 0.15) is 0 Å². The Kier molecular flexibility index (Phi) is 4.08. The summed E-state index contributed by atoms with van der Waals surface area (Å²) in [5.41, 5.74) is 0.940. The second-order valence-corrected chi connectivity index (χ2v) is 6.11. The van der Waals surface area contributed by atoms with E-state index in [4.69, 9.17) is 8.94 Å².